The first-order valence-corrected chi connectivity index (χ1v) is 5.47. The summed E-state index contributed by atoms with van der Waals surface area (Å²) in [5, 5.41) is 0. The average Bonchev–Trinajstić information content (AvgIpc) is 2.18. The lowest BCUT2D eigenvalue weighted by molar-refractivity contribution is -0.116. The predicted octanol–water partition coefficient (Wildman–Crippen LogP) is 2.93. The van der Waals surface area contributed by atoms with E-state index in [1.807, 2.05) is 11.8 Å². The number of aryl methyl sites for hydroxylation is 2. The predicted molar refractivity (Wildman–Crippen MR) is 64.3 cm³/mol. The van der Waals surface area contributed by atoms with Crippen molar-refractivity contribution in [3.8, 4) is 0 Å². The van der Waals surface area contributed by atoms with Crippen molar-refractivity contribution in [2.45, 2.75) is 34.1 Å². The molecule has 1 aromatic rings. The Hall–Kier alpha value is -1.31. The van der Waals surface area contributed by atoms with Crippen molar-refractivity contribution in [1.82, 2.24) is 0 Å². The molecular formula is C13H19NO. The molecule has 0 N–H and O–H groups in total. The third-order valence-electron chi connectivity index (χ3n) is 2.61. The number of anilines is 1. The van der Waals surface area contributed by atoms with E-state index in [0.29, 0.717) is 0 Å². The van der Waals surface area contributed by atoms with Gasteiger partial charge in [-0.25, -0.2) is 0 Å². The molecule has 2 heteroatoms. The fourth-order valence-corrected chi connectivity index (χ4v) is 1.79. The van der Waals surface area contributed by atoms with Crippen molar-refractivity contribution in [3.05, 3.63) is 29.3 Å². The van der Waals surface area contributed by atoms with Gasteiger partial charge >= 0.3 is 0 Å². The Morgan fingerprint density at radius 2 is 2.00 bits per heavy atom. The molecule has 0 spiro atoms. The average molecular weight is 205 g/mol. The third-order valence-corrected chi connectivity index (χ3v) is 2.61. The SMILES string of the molecule is CCc1ccc(C)cc1N(CC)C(C)=O. The van der Waals surface area contributed by atoms with Crippen LogP contribution in [-0.2, 0) is 11.2 Å². The zero-order valence-electron chi connectivity index (χ0n) is 10.0. The molecule has 82 valence electrons. The monoisotopic (exact) mass is 205 g/mol. The lowest BCUT2D eigenvalue weighted by Gasteiger charge is -2.22. The molecule has 0 atom stereocenters. The third kappa shape index (κ3) is 2.58. The Bertz CT molecular complexity index is 358. The van der Waals surface area contributed by atoms with E-state index in [0.717, 1.165) is 18.7 Å². The van der Waals surface area contributed by atoms with Gasteiger partial charge in [-0.3, -0.25) is 4.79 Å². The minimum Gasteiger partial charge on any atom is -0.313 e. The van der Waals surface area contributed by atoms with Gasteiger partial charge in [-0.15, -0.1) is 0 Å². The minimum absolute atomic E-state index is 0.109. The summed E-state index contributed by atoms with van der Waals surface area (Å²) >= 11 is 0. The maximum absolute atomic E-state index is 11.5. The molecule has 0 radical (unpaired) electrons. The molecule has 0 aliphatic heterocycles. The normalized spacial score (nSPS) is 10.1. The van der Waals surface area contributed by atoms with E-state index >= 15 is 0 Å². The maximum Gasteiger partial charge on any atom is 0.223 e. The first-order chi connectivity index (χ1) is 7.10. The molecule has 0 unspecified atom stereocenters. The molecule has 0 aliphatic carbocycles. The molecule has 0 saturated carbocycles. The Morgan fingerprint density at radius 1 is 1.33 bits per heavy atom. The van der Waals surface area contributed by atoms with Crippen LogP contribution in [0, 0.1) is 6.92 Å². The van der Waals surface area contributed by atoms with E-state index < -0.39 is 0 Å². The molecular weight excluding hydrogens is 186 g/mol. The molecule has 0 bridgehead atoms. The highest BCUT2D eigenvalue weighted by Gasteiger charge is 2.12. The van der Waals surface area contributed by atoms with E-state index in [9.17, 15) is 4.79 Å². The van der Waals surface area contributed by atoms with Gasteiger partial charge in [-0.1, -0.05) is 19.1 Å². The highest BCUT2D eigenvalue weighted by Crippen LogP contribution is 2.22. The Morgan fingerprint density at radius 3 is 2.47 bits per heavy atom. The second-order valence-electron chi connectivity index (χ2n) is 3.75. The van der Waals surface area contributed by atoms with E-state index in [4.69, 9.17) is 0 Å². The van der Waals surface area contributed by atoms with E-state index in [-0.39, 0.29) is 5.91 Å². The number of carbonyl (C=O) groups is 1. The summed E-state index contributed by atoms with van der Waals surface area (Å²) in [6.07, 6.45) is 0.958. The Balaban J connectivity index is 3.19. The summed E-state index contributed by atoms with van der Waals surface area (Å²) in [6, 6.07) is 6.29. The summed E-state index contributed by atoms with van der Waals surface area (Å²) in [6.45, 7) is 8.51. The molecule has 0 fully saturated rings. The largest absolute Gasteiger partial charge is 0.313 e. The number of rotatable bonds is 3. The smallest absolute Gasteiger partial charge is 0.223 e. The molecule has 2 nitrogen and oxygen atoms in total. The first kappa shape index (κ1) is 11.8. The van der Waals surface area contributed by atoms with Crippen LogP contribution in [-0.4, -0.2) is 12.5 Å². The number of hydrogen-bond donors (Lipinski definition) is 0. The van der Waals surface area contributed by atoms with E-state index in [1.54, 1.807) is 6.92 Å². The number of hydrogen-bond acceptors (Lipinski definition) is 1. The number of amides is 1. The van der Waals surface area contributed by atoms with Gasteiger partial charge in [0.15, 0.2) is 0 Å². The van der Waals surface area contributed by atoms with Crippen molar-refractivity contribution in [2.75, 3.05) is 11.4 Å². The number of benzene rings is 1. The van der Waals surface area contributed by atoms with Gasteiger partial charge in [0, 0.05) is 19.2 Å². The van der Waals surface area contributed by atoms with Crippen LogP contribution in [0.15, 0.2) is 18.2 Å². The highest BCUT2D eigenvalue weighted by molar-refractivity contribution is 5.92. The van der Waals surface area contributed by atoms with E-state index in [1.165, 1.54) is 11.1 Å². The molecule has 1 amide bonds. The van der Waals surface area contributed by atoms with Gasteiger partial charge in [-0.05, 0) is 37.5 Å². The van der Waals surface area contributed by atoms with Gasteiger partial charge in [0.2, 0.25) is 5.91 Å². The summed E-state index contributed by atoms with van der Waals surface area (Å²) in [7, 11) is 0. The summed E-state index contributed by atoms with van der Waals surface area (Å²) in [5.41, 5.74) is 3.49. The first-order valence-electron chi connectivity index (χ1n) is 5.47. The van der Waals surface area contributed by atoms with Crippen molar-refractivity contribution in [2.24, 2.45) is 0 Å². The minimum atomic E-state index is 0.109. The van der Waals surface area contributed by atoms with Gasteiger partial charge in [0.1, 0.15) is 0 Å². The van der Waals surface area contributed by atoms with Crippen LogP contribution < -0.4 is 4.90 Å². The second kappa shape index (κ2) is 4.96. The van der Waals surface area contributed by atoms with Crippen LogP contribution in [0.4, 0.5) is 5.69 Å². The number of carbonyl (C=O) groups excluding carboxylic acids is 1. The number of nitrogens with zero attached hydrogens (tertiary/aromatic N) is 1. The van der Waals surface area contributed by atoms with Crippen LogP contribution in [0.5, 0.6) is 0 Å². The topological polar surface area (TPSA) is 20.3 Å². The lowest BCUT2D eigenvalue weighted by atomic mass is 10.1. The van der Waals surface area contributed by atoms with Crippen molar-refractivity contribution in [3.63, 3.8) is 0 Å². The molecule has 15 heavy (non-hydrogen) atoms. The van der Waals surface area contributed by atoms with Crippen LogP contribution in [0.1, 0.15) is 31.9 Å². The molecule has 1 rings (SSSR count). The molecule has 0 saturated heterocycles. The zero-order valence-corrected chi connectivity index (χ0v) is 10.0. The van der Waals surface area contributed by atoms with Gasteiger partial charge in [-0.2, -0.15) is 0 Å². The van der Waals surface area contributed by atoms with Gasteiger partial charge < -0.3 is 4.90 Å². The van der Waals surface area contributed by atoms with Gasteiger partial charge in [0.25, 0.3) is 0 Å². The highest BCUT2D eigenvalue weighted by atomic mass is 16.2. The van der Waals surface area contributed by atoms with Crippen LogP contribution in [0.3, 0.4) is 0 Å². The second-order valence-corrected chi connectivity index (χ2v) is 3.75. The molecule has 0 aliphatic rings. The summed E-state index contributed by atoms with van der Waals surface area (Å²) in [4.78, 5) is 13.3. The maximum atomic E-state index is 11.5. The Labute approximate surface area is 91.9 Å². The fourth-order valence-electron chi connectivity index (χ4n) is 1.79. The van der Waals surface area contributed by atoms with Crippen LogP contribution >= 0.6 is 0 Å². The van der Waals surface area contributed by atoms with Crippen molar-refractivity contribution in [1.29, 1.82) is 0 Å². The van der Waals surface area contributed by atoms with Crippen molar-refractivity contribution < 1.29 is 4.79 Å². The lowest BCUT2D eigenvalue weighted by Crippen LogP contribution is -2.28. The fraction of sp³-hybridized carbons (Fsp3) is 0.462. The summed E-state index contributed by atoms with van der Waals surface area (Å²) < 4.78 is 0. The van der Waals surface area contributed by atoms with Crippen LogP contribution in [0.2, 0.25) is 0 Å². The van der Waals surface area contributed by atoms with Crippen molar-refractivity contribution >= 4 is 11.6 Å². The standard InChI is InChI=1S/C13H19NO/c1-5-12-8-7-10(3)9-13(12)14(6-2)11(4)15/h7-9H,5-6H2,1-4H3. The zero-order chi connectivity index (χ0) is 11.4. The molecule has 1 aromatic carbocycles. The Kier molecular flexibility index (Phi) is 3.89. The van der Waals surface area contributed by atoms with Gasteiger partial charge in [0.05, 0.1) is 0 Å². The molecule has 0 aromatic heterocycles. The van der Waals surface area contributed by atoms with E-state index in [2.05, 4.69) is 32.0 Å². The summed E-state index contributed by atoms with van der Waals surface area (Å²) in [5.74, 6) is 0.109. The quantitative estimate of drug-likeness (QED) is 0.743. The van der Waals surface area contributed by atoms with Crippen LogP contribution in [0.25, 0.3) is 0 Å². The molecule has 0 heterocycles.